The van der Waals surface area contributed by atoms with Crippen LogP contribution in [0.1, 0.15) is 53.4 Å². The summed E-state index contributed by atoms with van der Waals surface area (Å²) in [6.07, 6.45) is 5.47. The molecule has 0 saturated carbocycles. The van der Waals surface area contributed by atoms with Crippen LogP contribution in [-0.2, 0) is 0 Å². The lowest BCUT2D eigenvalue weighted by atomic mass is 10.2. The fourth-order valence-electron chi connectivity index (χ4n) is 1.31. The SMILES string of the molecule is CCCC(CCC)SC(C)C. The lowest BCUT2D eigenvalue weighted by Crippen LogP contribution is -2.05. The van der Waals surface area contributed by atoms with E-state index in [1.807, 2.05) is 0 Å². The molecular weight excluding hydrogens is 152 g/mol. The third kappa shape index (κ3) is 6.74. The fourth-order valence-corrected chi connectivity index (χ4v) is 2.82. The van der Waals surface area contributed by atoms with Crippen LogP contribution in [0.2, 0.25) is 0 Å². The van der Waals surface area contributed by atoms with Crippen LogP contribution in [0.5, 0.6) is 0 Å². The predicted octanol–water partition coefficient (Wildman–Crippen LogP) is 4.10. The zero-order chi connectivity index (χ0) is 8.69. The van der Waals surface area contributed by atoms with E-state index in [1.165, 1.54) is 25.7 Å². The molecule has 0 rings (SSSR count). The van der Waals surface area contributed by atoms with Gasteiger partial charge in [0.15, 0.2) is 0 Å². The van der Waals surface area contributed by atoms with Gasteiger partial charge in [-0.05, 0) is 18.1 Å². The zero-order valence-corrected chi connectivity index (χ0v) is 9.21. The molecule has 0 atom stereocenters. The van der Waals surface area contributed by atoms with Gasteiger partial charge < -0.3 is 0 Å². The van der Waals surface area contributed by atoms with E-state index in [4.69, 9.17) is 0 Å². The van der Waals surface area contributed by atoms with E-state index in [2.05, 4.69) is 39.5 Å². The molecule has 0 aromatic carbocycles. The van der Waals surface area contributed by atoms with E-state index >= 15 is 0 Å². The molecule has 0 heterocycles. The standard InChI is InChI=1S/C10H22S/c1-5-7-10(8-6-2)11-9(3)4/h9-10H,5-8H2,1-4H3. The number of hydrogen-bond acceptors (Lipinski definition) is 1. The van der Waals surface area contributed by atoms with Crippen LogP contribution in [0.4, 0.5) is 0 Å². The summed E-state index contributed by atoms with van der Waals surface area (Å²) in [5.41, 5.74) is 0. The van der Waals surface area contributed by atoms with Crippen molar-refractivity contribution < 1.29 is 0 Å². The van der Waals surface area contributed by atoms with Gasteiger partial charge in [-0.15, -0.1) is 0 Å². The first-order chi connectivity index (χ1) is 5.20. The second-order valence-corrected chi connectivity index (χ2v) is 5.27. The van der Waals surface area contributed by atoms with E-state index < -0.39 is 0 Å². The Morgan fingerprint density at radius 2 is 1.45 bits per heavy atom. The molecule has 0 aliphatic carbocycles. The smallest absolute Gasteiger partial charge is 0.00494 e. The van der Waals surface area contributed by atoms with Crippen molar-refractivity contribution >= 4 is 11.8 Å². The maximum Gasteiger partial charge on any atom is 0.00494 e. The Morgan fingerprint density at radius 1 is 1.00 bits per heavy atom. The van der Waals surface area contributed by atoms with Gasteiger partial charge >= 0.3 is 0 Å². The summed E-state index contributed by atoms with van der Waals surface area (Å²) in [6.45, 7) is 9.15. The molecule has 0 aliphatic rings. The Bertz CT molecular complexity index is 72.9. The molecule has 0 saturated heterocycles. The van der Waals surface area contributed by atoms with Crippen LogP contribution >= 0.6 is 11.8 Å². The second-order valence-electron chi connectivity index (χ2n) is 3.38. The van der Waals surface area contributed by atoms with Gasteiger partial charge in [-0.25, -0.2) is 0 Å². The molecule has 0 bridgehead atoms. The van der Waals surface area contributed by atoms with Crippen molar-refractivity contribution in [1.29, 1.82) is 0 Å². The van der Waals surface area contributed by atoms with Crippen molar-refractivity contribution in [2.45, 2.75) is 63.9 Å². The van der Waals surface area contributed by atoms with E-state index in [0.717, 1.165) is 10.5 Å². The Kier molecular flexibility index (Phi) is 7.25. The Hall–Kier alpha value is 0.350. The molecule has 0 aliphatic heterocycles. The Labute approximate surface area is 76.1 Å². The number of thioether (sulfide) groups is 1. The maximum absolute atomic E-state index is 2.29. The fraction of sp³-hybridized carbons (Fsp3) is 1.00. The second kappa shape index (κ2) is 7.02. The summed E-state index contributed by atoms with van der Waals surface area (Å²) in [4.78, 5) is 0. The summed E-state index contributed by atoms with van der Waals surface area (Å²) >= 11 is 2.15. The summed E-state index contributed by atoms with van der Waals surface area (Å²) in [7, 11) is 0. The van der Waals surface area contributed by atoms with E-state index in [0.29, 0.717) is 0 Å². The lowest BCUT2D eigenvalue weighted by Gasteiger charge is -2.16. The molecule has 0 aromatic heterocycles. The number of hydrogen-bond donors (Lipinski definition) is 0. The lowest BCUT2D eigenvalue weighted by molar-refractivity contribution is 0.670. The van der Waals surface area contributed by atoms with Crippen LogP contribution < -0.4 is 0 Å². The highest BCUT2D eigenvalue weighted by Gasteiger charge is 2.08. The predicted molar refractivity (Wildman–Crippen MR) is 56.3 cm³/mol. The zero-order valence-electron chi connectivity index (χ0n) is 8.39. The minimum atomic E-state index is 0.804. The van der Waals surface area contributed by atoms with Gasteiger partial charge in [0.1, 0.15) is 0 Å². The number of rotatable bonds is 6. The Morgan fingerprint density at radius 3 is 1.73 bits per heavy atom. The third-order valence-electron chi connectivity index (χ3n) is 1.69. The maximum atomic E-state index is 2.29. The van der Waals surface area contributed by atoms with Crippen LogP contribution in [0, 0.1) is 0 Å². The molecule has 0 N–H and O–H groups in total. The van der Waals surface area contributed by atoms with Gasteiger partial charge in [0.2, 0.25) is 0 Å². The van der Waals surface area contributed by atoms with Crippen molar-refractivity contribution in [3.63, 3.8) is 0 Å². The monoisotopic (exact) mass is 174 g/mol. The van der Waals surface area contributed by atoms with E-state index in [9.17, 15) is 0 Å². The molecule has 0 spiro atoms. The van der Waals surface area contributed by atoms with Crippen molar-refractivity contribution in [2.24, 2.45) is 0 Å². The average molecular weight is 174 g/mol. The van der Waals surface area contributed by atoms with Crippen LogP contribution in [0.3, 0.4) is 0 Å². The normalized spacial score (nSPS) is 11.5. The largest absolute Gasteiger partial charge is 0.156 e. The van der Waals surface area contributed by atoms with Gasteiger partial charge in [-0.3, -0.25) is 0 Å². The molecule has 1 heteroatoms. The van der Waals surface area contributed by atoms with E-state index in [1.54, 1.807) is 0 Å². The molecule has 0 aromatic rings. The summed E-state index contributed by atoms with van der Waals surface area (Å²) < 4.78 is 0. The highest BCUT2D eigenvalue weighted by molar-refractivity contribution is 8.00. The summed E-state index contributed by atoms with van der Waals surface area (Å²) in [5.74, 6) is 0. The van der Waals surface area contributed by atoms with E-state index in [-0.39, 0.29) is 0 Å². The third-order valence-corrected chi connectivity index (χ3v) is 3.09. The van der Waals surface area contributed by atoms with Crippen molar-refractivity contribution in [3.05, 3.63) is 0 Å². The molecule has 11 heavy (non-hydrogen) atoms. The molecule has 0 unspecified atom stereocenters. The molecule has 0 amide bonds. The Balaban J connectivity index is 3.50. The first kappa shape index (κ1) is 11.4. The molecule has 0 fully saturated rings. The first-order valence-electron chi connectivity index (χ1n) is 4.86. The minimum Gasteiger partial charge on any atom is -0.156 e. The van der Waals surface area contributed by atoms with Crippen molar-refractivity contribution in [1.82, 2.24) is 0 Å². The minimum absolute atomic E-state index is 0.804. The van der Waals surface area contributed by atoms with Gasteiger partial charge in [-0.2, -0.15) is 11.8 Å². The molecular formula is C10H22S. The topological polar surface area (TPSA) is 0 Å². The summed E-state index contributed by atoms with van der Waals surface area (Å²) in [5, 5.41) is 1.73. The van der Waals surface area contributed by atoms with Crippen molar-refractivity contribution in [3.8, 4) is 0 Å². The highest BCUT2D eigenvalue weighted by atomic mass is 32.2. The first-order valence-corrected chi connectivity index (χ1v) is 5.80. The molecule has 68 valence electrons. The highest BCUT2D eigenvalue weighted by Crippen LogP contribution is 2.24. The van der Waals surface area contributed by atoms with Gasteiger partial charge in [0, 0.05) is 5.25 Å². The van der Waals surface area contributed by atoms with Crippen molar-refractivity contribution in [2.75, 3.05) is 0 Å². The van der Waals surface area contributed by atoms with Gasteiger partial charge in [0.25, 0.3) is 0 Å². The molecule has 0 radical (unpaired) electrons. The average Bonchev–Trinajstić information content (AvgIpc) is 1.87. The van der Waals surface area contributed by atoms with Crippen LogP contribution in [0.25, 0.3) is 0 Å². The molecule has 0 nitrogen and oxygen atoms in total. The van der Waals surface area contributed by atoms with Gasteiger partial charge in [0.05, 0.1) is 0 Å². The van der Waals surface area contributed by atoms with Crippen LogP contribution in [0.15, 0.2) is 0 Å². The summed E-state index contributed by atoms with van der Waals surface area (Å²) in [6, 6.07) is 0. The van der Waals surface area contributed by atoms with Gasteiger partial charge in [-0.1, -0.05) is 40.5 Å². The quantitative estimate of drug-likeness (QED) is 0.584. The van der Waals surface area contributed by atoms with Crippen LogP contribution in [-0.4, -0.2) is 10.5 Å².